The summed E-state index contributed by atoms with van der Waals surface area (Å²) >= 11 is 1.23. The molecule has 0 aliphatic heterocycles. The van der Waals surface area contributed by atoms with Gasteiger partial charge in [-0.1, -0.05) is 53.8 Å². The van der Waals surface area contributed by atoms with Crippen LogP contribution >= 0.6 is 11.3 Å². The van der Waals surface area contributed by atoms with Crippen LogP contribution < -0.4 is 4.90 Å². The second-order valence-corrected chi connectivity index (χ2v) is 8.36. The average Bonchev–Trinajstić information content (AvgIpc) is 3.51. The molecule has 33 heavy (non-hydrogen) atoms. The molecule has 0 N–H and O–H groups in total. The lowest BCUT2D eigenvalue weighted by atomic mass is 10.0. The van der Waals surface area contributed by atoms with E-state index in [-0.39, 0.29) is 24.1 Å². The van der Waals surface area contributed by atoms with Crippen molar-refractivity contribution in [2.24, 2.45) is 0 Å². The number of hydrogen-bond acceptors (Lipinski definition) is 5. The normalized spacial score (nSPS) is 10.9. The maximum absolute atomic E-state index is 13.7. The van der Waals surface area contributed by atoms with E-state index in [1.807, 2.05) is 18.2 Å². The van der Waals surface area contributed by atoms with Gasteiger partial charge in [0.25, 0.3) is 5.91 Å². The molecule has 0 bridgehead atoms. The number of furan rings is 1. The van der Waals surface area contributed by atoms with Crippen LogP contribution in [0.4, 0.5) is 9.52 Å². The Morgan fingerprint density at radius 1 is 0.879 bits per heavy atom. The van der Waals surface area contributed by atoms with Crippen molar-refractivity contribution in [2.45, 2.75) is 6.54 Å². The minimum Gasteiger partial charge on any atom is -0.467 e. The third kappa shape index (κ3) is 4.31. The molecule has 1 amide bonds. The van der Waals surface area contributed by atoms with Gasteiger partial charge in [-0.3, -0.25) is 14.5 Å². The van der Waals surface area contributed by atoms with Crippen LogP contribution in [0.25, 0.3) is 10.2 Å². The number of nitrogens with zero attached hydrogens (tertiary/aromatic N) is 2. The predicted molar refractivity (Wildman–Crippen MR) is 125 cm³/mol. The summed E-state index contributed by atoms with van der Waals surface area (Å²) in [4.78, 5) is 32.2. The Labute approximate surface area is 192 Å². The molecule has 0 unspecified atom stereocenters. The highest BCUT2D eigenvalue weighted by Crippen LogP contribution is 2.31. The number of carbonyl (C=O) groups is 2. The molecular formula is C26H17FN2O3S. The van der Waals surface area contributed by atoms with Gasteiger partial charge in [-0.15, -0.1) is 0 Å². The number of carbonyl (C=O) groups excluding carboxylic acids is 2. The number of halogens is 1. The molecule has 0 saturated heterocycles. The SMILES string of the molecule is O=C(c1ccccc1)c1ccc(C(=O)N(Cc2ccco2)c2nc3ccc(F)cc3s2)cc1. The summed E-state index contributed by atoms with van der Waals surface area (Å²) in [6.45, 7) is 0.166. The average molecular weight is 456 g/mol. The summed E-state index contributed by atoms with van der Waals surface area (Å²) in [6, 6.07) is 23.3. The van der Waals surface area contributed by atoms with E-state index in [2.05, 4.69) is 4.98 Å². The highest BCUT2D eigenvalue weighted by Gasteiger charge is 2.23. The summed E-state index contributed by atoms with van der Waals surface area (Å²) in [7, 11) is 0. The Balaban J connectivity index is 1.47. The van der Waals surface area contributed by atoms with Crippen LogP contribution in [0, 0.1) is 5.82 Å². The Kier molecular flexibility index (Phi) is 5.54. The minimum absolute atomic E-state index is 0.116. The molecule has 0 fully saturated rings. The monoisotopic (exact) mass is 456 g/mol. The summed E-state index contributed by atoms with van der Waals surface area (Å²) < 4.78 is 19.7. The van der Waals surface area contributed by atoms with Crippen LogP contribution in [0.15, 0.2) is 95.6 Å². The minimum atomic E-state index is -0.361. The molecule has 162 valence electrons. The van der Waals surface area contributed by atoms with E-state index in [0.717, 1.165) is 0 Å². The van der Waals surface area contributed by atoms with Crippen LogP contribution in [-0.4, -0.2) is 16.7 Å². The van der Waals surface area contributed by atoms with E-state index in [9.17, 15) is 14.0 Å². The lowest BCUT2D eigenvalue weighted by Gasteiger charge is -2.19. The van der Waals surface area contributed by atoms with Crippen LogP contribution in [0.5, 0.6) is 0 Å². The van der Waals surface area contributed by atoms with E-state index in [1.54, 1.807) is 54.6 Å². The Hall–Kier alpha value is -4.10. The fourth-order valence-electron chi connectivity index (χ4n) is 3.46. The van der Waals surface area contributed by atoms with Crippen molar-refractivity contribution in [1.29, 1.82) is 0 Å². The van der Waals surface area contributed by atoms with Gasteiger partial charge in [0.1, 0.15) is 11.6 Å². The second-order valence-electron chi connectivity index (χ2n) is 7.35. The van der Waals surface area contributed by atoms with Crippen molar-refractivity contribution in [3.63, 3.8) is 0 Å². The van der Waals surface area contributed by atoms with E-state index in [4.69, 9.17) is 4.42 Å². The van der Waals surface area contributed by atoms with Gasteiger partial charge in [0.15, 0.2) is 10.9 Å². The molecule has 0 radical (unpaired) electrons. The first-order valence-electron chi connectivity index (χ1n) is 10.2. The van der Waals surface area contributed by atoms with Gasteiger partial charge in [0, 0.05) is 16.7 Å². The lowest BCUT2D eigenvalue weighted by molar-refractivity contribution is 0.0981. The number of thiazole rings is 1. The van der Waals surface area contributed by atoms with E-state index < -0.39 is 0 Å². The molecule has 0 saturated carbocycles. The maximum Gasteiger partial charge on any atom is 0.260 e. The van der Waals surface area contributed by atoms with Crippen molar-refractivity contribution >= 4 is 38.4 Å². The third-order valence-electron chi connectivity index (χ3n) is 5.14. The van der Waals surface area contributed by atoms with Crippen LogP contribution in [0.2, 0.25) is 0 Å². The van der Waals surface area contributed by atoms with E-state index >= 15 is 0 Å². The van der Waals surface area contributed by atoms with Crippen LogP contribution in [-0.2, 0) is 6.54 Å². The van der Waals surface area contributed by atoms with Crippen molar-refractivity contribution in [1.82, 2.24) is 4.98 Å². The molecule has 2 aromatic heterocycles. The van der Waals surface area contributed by atoms with Gasteiger partial charge < -0.3 is 4.42 Å². The zero-order valence-electron chi connectivity index (χ0n) is 17.3. The number of anilines is 1. The maximum atomic E-state index is 13.7. The molecule has 0 atom stereocenters. The summed E-state index contributed by atoms with van der Waals surface area (Å²) in [5.41, 5.74) is 2.08. The molecule has 2 heterocycles. The van der Waals surface area contributed by atoms with Crippen LogP contribution in [0.3, 0.4) is 0 Å². The number of rotatable bonds is 6. The van der Waals surface area contributed by atoms with E-state index in [1.165, 1.54) is 34.6 Å². The van der Waals surface area contributed by atoms with Gasteiger partial charge in [0.05, 0.1) is 23.0 Å². The van der Waals surface area contributed by atoms with Gasteiger partial charge in [-0.05, 0) is 42.5 Å². The number of fused-ring (bicyclic) bond motifs is 1. The van der Waals surface area contributed by atoms with Gasteiger partial charge in [-0.2, -0.15) is 0 Å². The first-order valence-corrected chi connectivity index (χ1v) is 11.0. The summed E-state index contributed by atoms with van der Waals surface area (Å²) in [5, 5.41) is 0.432. The molecule has 7 heteroatoms. The smallest absolute Gasteiger partial charge is 0.260 e. The van der Waals surface area contributed by atoms with Gasteiger partial charge >= 0.3 is 0 Å². The first kappa shape index (κ1) is 20.8. The number of amides is 1. The molecule has 5 aromatic rings. The largest absolute Gasteiger partial charge is 0.467 e. The molecule has 3 aromatic carbocycles. The fraction of sp³-hybridized carbons (Fsp3) is 0.0385. The first-order chi connectivity index (χ1) is 16.1. The number of hydrogen-bond donors (Lipinski definition) is 0. The standard InChI is InChI=1S/C26H17FN2O3S/c27-20-12-13-22-23(15-20)33-26(28-22)29(16-21-7-4-14-32-21)25(31)19-10-8-18(9-11-19)24(30)17-5-2-1-3-6-17/h1-15H,16H2. The highest BCUT2D eigenvalue weighted by molar-refractivity contribution is 7.22. The quantitative estimate of drug-likeness (QED) is 0.289. The van der Waals surface area contributed by atoms with Crippen LogP contribution in [0.1, 0.15) is 32.0 Å². The van der Waals surface area contributed by atoms with Crippen molar-refractivity contribution < 1.29 is 18.4 Å². The predicted octanol–water partition coefficient (Wildman–Crippen LogP) is 6.11. The molecular weight excluding hydrogens is 439 g/mol. The Morgan fingerprint density at radius 3 is 2.33 bits per heavy atom. The van der Waals surface area contributed by atoms with Crippen molar-refractivity contribution in [3.05, 3.63) is 119 Å². The summed E-state index contributed by atoms with van der Waals surface area (Å²) in [6.07, 6.45) is 1.54. The van der Waals surface area contributed by atoms with Crippen molar-refractivity contribution in [2.75, 3.05) is 4.90 Å². The molecule has 0 aliphatic carbocycles. The van der Waals surface area contributed by atoms with Crippen molar-refractivity contribution in [3.8, 4) is 0 Å². The second kappa shape index (κ2) is 8.80. The Bertz CT molecular complexity index is 1430. The molecule has 0 aliphatic rings. The fourth-order valence-corrected chi connectivity index (χ4v) is 4.45. The van der Waals surface area contributed by atoms with E-state index in [0.29, 0.717) is 37.8 Å². The number of ketones is 1. The zero-order valence-corrected chi connectivity index (χ0v) is 18.1. The molecule has 0 spiro atoms. The number of benzene rings is 3. The molecule has 5 nitrogen and oxygen atoms in total. The third-order valence-corrected chi connectivity index (χ3v) is 6.18. The molecule has 5 rings (SSSR count). The van der Waals surface area contributed by atoms with Gasteiger partial charge in [-0.25, -0.2) is 9.37 Å². The Morgan fingerprint density at radius 2 is 1.61 bits per heavy atom. The highest BCUT2D eigenvalue weighted by atomic mass is 32.1. The summed E-state index contributed by atoms with van der Waals surface area (Å²) in [5.74, 6) is -0.190. The topological polar surface area (TPSA) is 63.4 Å². The lowest BCUT2D eigenvalue weighted by Crippen LogP contribution is -2.30. The van der Waals surface area contributed by atoms with Gasteiger partial charge in [0.2, 0.25) is 0 Å². The number of aromatic nitrogens is 1. The zero-order chi connectivity index (χ0) is 22.8.